The molecule has 0 heterocycles. The van der Waals surface area contributed by atoms with Crippen molar-refractivity contribution in [3.63, 3.8) is 0 Å². The fraction of sp³-hybridized carbons (Fsp3) is 0.846. The molecule has 4 heteroatoms. The second-order valence-corrected chi connectivity index (χ2v) is 4.54. The molecule has 0 aromatic carbocycles. The maximum Gasteiger partial charge on any atom is 0.303 e. The van der Waals surface area contributed by atoms with Crippen LogP contribution in [0.2, 0.25) is 0 Å². The average Bonchev–Trinajstić information content (AvgIpc) is 2.27. The van der Waals surface area contributed by atoms with Crippen LogP contribution in [0.4, 0.5) is 0 Å². The number of unbranched alkanes of at least 4 members (excludes halogenated alkanes) is 3. The van der Waals surface area contributed by atoms with Gasteiger partial charge >= 0.3 is 5.97 Å². The number of rotatable bonds is 10. The molecule has 0 radical (unpaired) electrons. The first-order valence-corrected chi connectivity index (χ1v) is 6.57. The fourth-order valence-corrected chi connectivity index (χ4v) is 1.70. The van der Waals surface area contributed by atoms with E-state index in [1.807, 2.05) is 6.92 Å². The van der Waals surface area contributed by atoms with Crippen LogP contribution in [0, 0.1) is 5.92 Å². The molecule has 0 aromatic heterocycles. The molecule has 0 rings (SSSR count). The van der Waals surface area contributed by atoms with Crippen LogP contribution in [0.5, 0.6) is 0 Å². The number of amides is 1. The number of nitrogens with one attached hydrogen (secondary N) is 1. The maximum atomic E-state index is 11.5. The second-order valence-electron chi connectivity index (χ2n) is 4.54. The van der Waals surface area contributed by atoms with Gasteiger partial charge in [0.15, 0.2) is 0 Å². The fourth-order valence-electron chi connectivity index (χ4n) is 1.70. The van der Waals surface area contributed by atoms with Gasteiger partial charge in [0, 0.05) is 18.9 Å². The van der Waals surface area contributed by atoms with Crippen molar-refractivity contribution in [1.82, 2.24) is 5.32 Å². The summed E-state index contributed by atoms with van der Waals surface area (Å²) in [6.07, 6.45) is 5.79. The molecule has 0 aromatic rings. The van der Waals surface area contributed by atoms with Crippen molar-refractivity contribution in [3.8, 4) is 0 Å². The molecular weight excluding hydrogens is 218 g/mol. The lowest BCUT2D eigenvalue weighted by molar-refractivity contribution is -0.137. The molecule has 0 spiro atoms. The minimum Gasteiger partial charge on any atom is -0.481 e. The van der Waals surface area contributed by atoms with E-state index in [2.05, 4.69) is 12.2 Å². The molecule has 0 aliphatic heterocycles. The first-order valence-electron chi connectivity index (χ1n) is 6.57. The van der Waals surface area contributed by atoms with Gasteiger partial charge in [-0.15, -0.1) is 0 Å². The van der Waals surface area contributed by atoms with Crippen LogP contribution in [0.15, 0.2) is 0 Å². The standard InChI is InChI=1S/C13H25NO3/c1-3-8-11(2)13(17)14-10-7-5-4-6-9-12(15)16/h11H,3-10H2,1-2H3,(H,14,17)(H,15,16). The molecule has 1 unspecified atom stereocenters. The normalized spacial score (nSPS) is 12.1. The summed E-state index contributed by atoms with van der Waals surface area (Å²) in [6.45, 7) is 4.73. The topological polar surface area (TPSA) is 66.4 Å². The van der Waals surface area contributed by atoms with Gasteiger partial charge in [-0.25, -0.2) is 0 Å². The van der Waals surface area contributed by atoms with Gasteiger partial charge in [-0.2, -0.15) is 0 Å². The summed E-state index contributed by atoms with van der Waals surface area (Å²) < 4.78 is 0. The van der Waals surface area contributed by atoms with Gasteiger partial charge in [0.1, 0.15) is 0 Å². The Morgan fingerprint density at radius 3 is 2.41 bits per heavy atom. The zero-order chi connectivity index (χ0) is 13.1. The highest BCUT2D eigenvalue weighted by atomic mass is 16.4. The highest BCUT2D eigenvalue weighted by Gasteiger charge is 2.10. The van der Waals surface area contributed by atoms with Crippen molar-refractivity contribution in [2.45, 2.75) is 58.8 Å². The van der Waals surface area contributed by atoms with Crippen LogP contribution >= 0.6 is 0 Å². The van der Waals surface area contributed by atoms with Crippen LogP contribution < -0.4 is 5.32 Å². The van der Waals surface area contributed by atoms with E-state index in [1.165, 1.54) is 0 Å². The lowest BCUT2D eigenvalue weighted by atomic mass is 10.1. The largest absolute Gasteiger partial charge is 0.481 e. The lowest BCUT2D eigenvalue weighted by Gasteiger charge is -2.10. The average molecular weight is 243 g/mol. The Bertz CT molecular complexity index is 229. The van der Waals surface area contributed by atoms with E-state index >= 15 is 0 Å². The molecule has 0 fully saturated rings. The van der Waals surface area contributed by atoms with E-state index in [0.29, 0.717) is 6.54 Å². The minimum atomic E-state index is -0.730. The SMILES string of the molecule is CCCC(C)C(=O)NCCCCCCC(=O)O. The predicted octanol–water partition coefficient (Wildman–Crippen LogP) is 2.57. The Morgan fingerprint density at radius 1 is 1.18 bits per heavy atom. The second kappa shape index (κ2) is 10.1. The molecule has 0 bridgehead atoms. The van der Waals surface area contributed by atoms with E-state index in [-0.39, 0.29) is 18.2 Å². The lowest BCUT2D eigenvalue weighted by Crippen LogP contribution is -2.29. The number of hydrogen-bond acceptors (Lipinski definition) is 2. The third kappa shape index (κ3) is 9.85. The molecule has 1 atom stereocenters. The van der Waals surface area contributed by atoms with Gasteiger partial charge in [0.2, 0.25) is 5.91 Å². The summed E-state index contributed by atoms with van der Waals surface area (Å²) in [4.78, 5) is 21.8. The minimum absolute atomic E-state index is 0.104. The molecule has 0 aliphatic carbocycles. The maximum absolute atomic E-state index is 11.5. The summed E-state index contributed by atoms with van der Waals surface area (Å²) in [5.74, 6) is -0.490. The first-order chi connectivity index (χ1) is 8.07. The van der Waals surface area contributed by atoms with Crippen LogP contribution in [0.1, 0.15) is 58.8 Å². The van der Waals surface area contributed by atoms with Crippen molar-refractivity contribution in [2.75, 3.05) is 6.54 Å². The summed E-state index contributed by atoms with van der Waals surface area (Å²) in [5.41, 5.74) is 0. The monoisotopic (exact) mass is 243 g/mol. The number of carboxylic acids is 1. The van der Waals surface area contributed by atoms with E-state index in [0.717, 1.165) is 38.5 Å². The van der Waals surface area contributed by atoms with Crippen LogP contribution in [0.3, 0.4) is 0 Å². The van der Waals surface area contributed by atoms with Crippen LogP contribution in [0.25, 0.3) is 0 Å². The number of carbonyl (C=O) groups is 2. The Balaban J connectivity index is 3.33. The summed E-state index contributed by atoms with van der Waals surface area (Å²) >= 11 is 0. The van der Waals surface area contributed by atoms with E-state index in [1.54, 1.807) is 0 Å². The number of hydrogen-bond donors (Lipinski definition) is 2. The molecule has 1 amide bonds. The smallest absolute Gasteiger partial charge is 0.303 e. The Morgan fingerprint density at radius 2 is 1.82 bits per heavy atom. The third-order valence-electron chi connectivity index (χ3n) is 2.79. The summed E-state index contributed by atoms with van der Waals surface area (Å²) in [6, 6.07) is 0. The predicted molar refractivity (Wildman–Crippen MR) is 67.8 cm³/mol. The first kappa shape index (κ1) is 15.9. The molecule has 0 saturated heterocycles. The molecule has 4 nitrogen and oxygen atoms in total. The molecule has 0 aliphatic rings. The molecule has 0 saturated carbocycles. The number of carbonyl (C=O) groups excluding carboxylic acids is 1. The van der Waals surface area contributed by atoms with E-state index < -0.39 is 5.97 Å². The zero-order valence-electron chi connectivity index (χ0n) is 11.0. The molecule has 17 heavy (non-hydrogen) atoms. The van der Waals surface area contributed by atoms with Gasteiger partial charge in [-0.05, 0) is 19.3 Å². The van der Waals surface area contributed by atoms with Gasteiger partial charge in [-0.1, -0.05) is 33.1 Å². The highest BCUT2D eigenvalue weighted by Crippen LogP contribution is 2.05. The number of aliphatic carboxylic acids is 1. The van der Waals surface area contributed by atoms with E-state index in [9.17, 15) is 9.59 Å². The molecular formula is C13H25NO3. The number of carboxylic acid groups (broad SMARTS) is 1. The van der Waals surface area contributed by atoms with Crippen molar-refractivity contribution in [1.29, 1.82) is 0 Å². The van der Waals surface area contributed by atoms with Gasteiger partial charge in [0.25, 0.3) is 0 Å². The Labute approximate surface area is 104 Å². The van der Waals surface area contributed by atoms with Gasteiger partial charge in [-0.3, -0.25) is 9.59 Å². The van der Waals surface area contributed by atoms with Crippen molar-refractivity contribution < 1.29 is 14.7 Å². The van der Waals surface area contributed by atoms with E-state index in [4.69, 9.17) is 5.11 Å². The molecule has 100 valence electrons. The zero-order valence-corrected chi connectivity index (χ0v) is 11.0. The molecule has 2 N–H and O–H groups in total. The summed E-state index contributed by atoms with van der Waals surface area (Å²) in [5, 5.41) is 11.4. The Hall–Kier alpha value is -1.06. The van der Waals surface area contributed by atoms with Gasteiger partial charge in [0.05, 0.1) is 0 Å². The van der Waals surface area contributed by atoms with Gasteiger partial charge < -0.3 is 10.4 Å². The Kier molecular flexibility index (Phi) is 9.49. The highest BCUT2D eigenvalue weighted by molar-refractivity contribution is 5.78. The van der Waals surface area contributed by atoms with Crippen LogP contribution in [-0.4, -0.2) is 23.5 Å². The van der Waals surface area contributed by atoms with Crippen molar-refractivity contribution >= 4 is 11.9 Å². The van der Waals surface area contributed by atoms with Crippen LogP contribution in [-0.2, 0) is 9.59 Å². The summed E-state index contributed by atoms with van der Waals surface area (Å²) in [7, 11) is 0. The van der Waals surface area contributed by atoms with Crippen molar-refractivity contribution in [3.05, 3.63) is 0 Å². The quantitative estimate of drug-likeness (QED) is 0.579. The van der Waals surface area contributed by atoms with Crippen molar-refractivity contribution in [2.24, 2.45) is 5.92 Å². The third-order valence-corrected chi connectivity index (χ3v) is 2.79.